The topological polar surface area (TPSA) is 73.9 Å². The van der Waals surface area contributed by atoms with Crippen molar-refractivity contribution in [2.24, 2.45) is 0 Å². The first-order valence-corrected chi connectivity index (χ1v) is 11.5. The third kappa shape index (κ3) is 6.09. The molecule has 0 bridgehead atoms. The molecule has 0 spiro atoms. The molecule has 0 aliphatic carbocycles. The first kappa shape index (κ1) is 23.2. The summed E-state index contributed by atoms with van der Waals surface area (Å²) in [5.41, 5.74) is 2.86. The number of hydrogen-bond donors (Lipinski definition) is 2. The van der Waals surface area contributed by atoms with Gasteiger partial charge in [-0.15, -0.1) is 0 Å². The zero-order valence-corrected chi connectivity index (χ0v) is 19.0. The monoisotopic (exact) mass is 454 g/mol. The second-order valence-electron chi connectivity index (χ2n) is 8.64. The molecule has 2 fully saturated rings. The molecule has 1 atom stereocenters. The maximum absolute atomic E-state index is 14.9. The fourth-order valence-electron chi connectivity index (χ4n) is 4.28. The van der Waals surface area contributed by atoms with Crippen LogP contribution in [0, 0.1) is 5.82 Å². The van der Waals surface area contributed by atoms with Crippen molar-refractivity contribution in [1.82, 2.24) is 15.5 Å². The zero-order chi connectivity index (χ0) is 23.2. The van der Waals surface area contributed by atoms with E-state index < -0.39 is 18.0 Å². The molecule has 0 saturated carbocycles. The third-order valence-corrected chi connectivity index (χ3v) is 6.11. The van der Waals surface area contributed by atoms with Crippen LogP contribution in [0.1, 0.15) is 25.3 Å². The number of nitrogens with one attached hydrogen (secondary N) is 2. The molecule has 2 saturated heterocycles. The normalized spacial score (nSPS) is 18.5. The minimum atomic E-state index is -0.543. The molecule has 176 valence electrons. The van der Waals surface area contributed by atoms with Crippen molar-refractivity contribution >= 4 is 17.7 Å². The molecule has 2 aliphatic heterocycles. The van der Waals surface area contributed by atoms with Crippen LogP contribution >= 0.6 is 0 Å². The number of anilines is 1. The van der Waals surface area contributed by atoms with Gasteiger partial charge in [0.1, 0.15) is 11.9 Å². The van der Waals surface area contributed by atoms with E-state index in [-0.39, 0.29) is 19.0 Å². The Morgan fingerprint density at radius 2 is 1.91 bits per heavy atom. The van der Waals surface area contributed by atoms with Gasteiger partial charge in [-0.3, -0.25) is 9.69 Å². The minimum absolute atomic E-state index is 0.191. The summed E-state index contributed by atoms with van der Waals surface area (Å²) in [6.45, 7) is 7.13. The summed E-state index contributed by atoms with van der Waals surface area (Å²) in [5.74, 6) is -0.592. The van der Waals surface area contributed by atoms with Gasteiger partial charge in [0.05, 0.1) is 18.8 Å². The number of hydrogen-bond acceptors (Lipinski definition) is 5. The van der Waals surface area contributed by atoms with Gasteiger partial charge in [-0.25, -0.2) is 9.18 Å². The number of cyclic esters (lactones) is 1. The van der Waals surface area contributed by atoms with Crippen LogP contribution in [0.25, 0.3) is 11.1 Å². The van der Waals surface area contributed by atoms with Crippen LogP contribution in [0.4, 0.5) is 14.9 Å². The largest absolute Gasteiger partial charge is 0.442 e. The SMILES string of the molecule is CC(=O)NCC1CN(c2ccc(-c3ccc(CNCCN4CCCC4)cc3)c(F)c2)C(=O)O1. The summed E-state index contributed by atoms with van der Waals surface area (Å²) in [6, 6.07) is 12.6. The van der Waals surface area contributed by atoms with E-state index in [1.165, 1.54) is 43.8 Å². The molecule has 2 heterocycles. The maximum atomic E-state index is 14.9. The molecular weight excluding hydrogens is 423 g/mol. The second-order valence-corrected chi connectivity index (χ2v) is 8.64. The fraction of sp³-hybridized carbons (Fsp3) is 0.440. The summed E-state index contributed by atoms with van der Waals surface area (Å²) in [7, 11) is 0. The lowest BCUT2D eigenvalue weighted by atomic mass is 10.0. The van der Waals surface area contributed by atoms with Crippen LogP contribution in [-0.2, 0) is 16.1 Å². The highest BCUT2D eigenvalue weighted by molar-refractivity contribution is 5.90. The number of nitrogens with zero attached hydrogens (tertiary/aromatic N) is 2. The summed E-state index contributed by atoms with van der Waals surface area (Å²) < 4.78 is 20.2. The number of carbonyl (C=O) groups is 2. The Kier molecular flexibility index (Phi) is 7.57. The predicted molar refractivity (Wildman–Crippen MR) is 126 cm³/mol. The van der Waals surface area contributed by atoms with Crippen molar-refractivity contribution in [3.8, 4) is 11.1 Å². The molecule has 7 nitrogen and oxygen atoms in total. The van der Waals surface area contributed by atoms with Gasteiger partial charge in [-0.2, -0.15) is 0 Å². The number of rotatable bonds is 9. The fourth-order valence-corrected chi connectivity index (χ4v) is 4.28. The van der Waals surface area contributed by atoms with Crippen LogP contribution < -0.4 is 15.5 Å². The molecule has 2 aliphatic rings. The average molecular weight is 455 g/mol. The van der Waals surface area contributed by atoms with E-state index in [0.29, 0.717) is 11.3 Å². The van der Waals surface area contributed by atoms with Crippen molar-refractivity contribution in [3.63, 3.8) is 0 Å². The molecule has 33 heavy (non-hydrogen) atoms. The lowest BCUT2D eigenvalue weighted by molar-refractivity contribution is -0.119. The number of ether oxygens (including phenoxy) is 1. The third-order valence-electron chi connectivity index (χ3n) is 6.11. The molecule has 2 N–H and O–H groups in total. The van der Waals surface area contributed by atoms with Crippen molar-refractivity contribution in [2.75, 3.05) is 44.2 Å². The van der Waals surface area contributed by atoms with Crippen molar-refractivity contribution < 1.29 is 18.7 Å². The van der Waals surface area contributed by atoms with Crippen LogP contribution in [0.5, 0.6) is 0 Å². The maximum Gasteiger partial charge on any atom is 0.414 e. The Bertz CT molecular complexity index is 976. The van der Waals surface area contributed by atoms with Crippen molar-refractivity contribution in [3.05, 3.63) is 53.8 Å². The van der Waals surface area contributed by atoms with Gasteiger partial charge >= 0.3 is 6.09 Å². The highest BCUT2D eigenvalue weighted by Gasteiger charge is 2.32. The van der Waals surface area contributed by atoms with Gasteiger partial charge in [0.25, 0.3) is 0 Å². The van der Waals surface area contributed by atoms with Crippen LogP contribution in [0.3, 0.4) is 0 Å². The second kappa shape index (κ2) is 10.8. The first-order chi connectivity index (χ1) is 16.0. The summed E-state index contributed by atoms with van der Waals surface area (Å²) in [4.78, 5) is 27.1. The Labute approximate surface area is 193 Å². The van der Waals surface area contributed by atoms with Crippen LogP contribution in [-0.4, -0.2) is 62.3 Å². The lowest BCUT2D eigenvalue weighted by Gasteiger charge is -2.15. The number of amides is 2. The first-order valence-electron chi connectivity index (χ1n) is 11.5. The molecule has 2 amide bonds. The van der Waals surface area contributed by atoms with Crippen molar-refractivity contribution in [1.29, 1.82) is 0 Å². The van der Waals surface area contributed by atoms with Gasteiger partial charge in [-0.05, 0) is 55.3 Å². The summed E-state index contributed by atoms with van der Waals surface area (Å²) in [5, 5.41) is 6.10. The van der Waals surface area contributed by atoms with Crippen LogP contribution in [0.2, 0.25) is 0 Å². The van der Waals surface area contributed by atoms with E-state index in [1.54, 1.807) is 12.1 Å². The molecule has 4 rings (SSSR count). The Morgan fingerprint density at radius 1 is 1.15 bits per heavy atom. The molecule has 2 aromatic carbocycles. The Hall–Kier alpha value is -2.97. The lowest BCUT2D eigenvalue weighted by Crippen LogP contribution is -2.33. The Morgan fingerprint density at radius 3 is 2.61 bits per heavy atom. The van der Waals surface area contributed by atoms with Gasteiger partial charge in [0.2, 0.25) is 5.91 Å². The molecule has 8 heteroatoms. The number of halogens is 1. The molecule has 2 aromatic rings. The van der Waals surface area contributed by atoms with E-state index in [1.807, 2.05) is 24.3 Å². The van der Waals surface area contributed by atoms with E-state index in [2.05, 4.69) is 15.5 Å². The molecule has 0 aromatic heterocycles. The van der Waals surface area contributed by atoms with Crippen molar-refractivity contribution in [2.45, 2.75) is 32.4 Å². The summed E-state index contributed by atoms with van der Waals surface area (Å²) >= 11 is 0. The highest BCUT2D eigenvalue weighted by atomic mass is 19.1. The van der Waals surface area contributed by atoms with E-state index >= 15 is 0 Å². The van der Waals surface area contributed by atoms with E-state index in [0.717, 1.165) is 30.8 Å². The van der Waals surface area contributed by atoms with Crippen LogP contribution in [0.15, 0.2) is 42.5 Å². The average Bonchev–Trinajstić information content (AvgIpc) is 3.45. The highest BCUT2D eigenvalue weighted by Crippen LogP contribution is 2.29. The van der Waals surface area contributed by atoms with Gasteiger partial charge in [-0.1, -0.05) is 24.3 Å². The molecule has 1 unspecified atom stereocenters. The number of likely N-dealkylation sites (tertiary alicyclic amines) is 1. The Balaban J connectivity index is 1.33. The summed E-state index contributed by atoms with van der Waals surface area (Å²) in [6.07, 6.45) is 1.61. The smallest absolute Gasteiger partial charge is 0.414 e. The van der Waals surface area contributed by atoms with Gasteiger partial charge in [0.15, 0.2) is 0 Å². The standard InChI is InChI=1S/C25H31FN4O3/c1-18(31)28-16-22-17-30(25(32)33-22)21-8-9-23(24(26)14-21)20-6-4-19(5-7-20)15-27-10-13-29-11-2-3-12-29/h4-9,14,22,27H,2-3,10-13,15-17H2,1H3,(H,28,31). The predicted octanol–water partition coefficient (Wildman–Crippen LogP) is 3.14. The molecule has 0 radical (unpaired) electrons. The van der Waals surface area contributed by atoms with E-state index in [9.17, 15) is 14.0 Å². The zero-order valence-electron chi connectivity index (χ0n) is 19.0. The quantitative estimate of drug-likeness (QED) is 0.570. The van der Waals surface area contributed by atoms with Gasteiger partial charge in [0, 0.05) is 32.1 Å². The number of carbonyl (C=O) groups excluding carboxylic acids is 2. The number of benzene rings is 2. The molecular formula is C25H31FN4O3. The minimum Gasteiger partial charge on any atom is -0.442 e. The van der Waals surface area contributed by atoms with E-state index in [4.69, 9.17) is 4.74 Å². The van der Waals surface area contributed by atoms with Gasteiger partial charge < -0.3 is 20.3 Å².